The summed E-state index contributed by atoms with van der Waals surface area (Å²) < 4.78 is 29.7. The van der Waals surface area contributed by atoms with Gasteiger partial charge in [-0.3, -0.25) is 4.79 Å². The van der Waals surface area contributed by atoms with Crippen LogP contribution in [0.3, 0.4) is 0 Å². The minimum absolute atomic E-state index is 0.130. The zero-order chi connectivity index (χ0) is 22.3. The Morgan fingerprint density at radius 2 is 1.55 bits per heavy atom. The highest BCUT2D eigenvalue weighted by atomic mass is 79.9. The lowest BCUT2D eigenvalue weighted by Gasteiger charge is -2.20. The Hall–Kier alpha value is -2.48. The molecule has 0 saturated heterocycles. The van der Waals surface area contributed by atoms with Crippen LogP contribution < -0.4 is 4.72 Å². The largest absolute Gasteiger partial charge is 0.481 e. The van der Waals surface area contributed by atoms with Crippen molar-refractivity contribution in [1.82, 2.24) is 4.72 Å². The van der Waals surface area contributed by atoms with Gasteiger partial charge in [0.2, 0.25) is 10.0 Å². The van der Waals surface area contributed by atoms with Crippen LogP contribution in [0.25, 0.3) is 0 Å². The highest BCUT2D eigenvalue weighted by Gasteiger charge is 2.22. The van der Waals surface area contributed by atoms with Crippen LogP contribution in [-0.2, 0) is 27.7 Å². The van der Waals surface area contributed by atoms with Crippen molar-refractivity contribution in [3.63, 3.8) is 0 Å². The molecular formula is C24H24BrNO4S. The molecular weight excluding hydrogens is 478 g/mol. The quantitative estimate of drug-likeness (QED) is 0.403. The van der Waals surface area contributed by atoms with Gasteiger partial charge in [-0.1, -0.05) is 70.5 Å². The van der Waals surface area contributed by atoms with E-state index in [1.807, 2.05) is 54.6 Å². The van der Waals surface area contributed by atoms with Crippen molar-refractivity contribution in [1.29, 1.82) is 0 Å². The molecule has 0 amide bonds. The van der Waals surface area contributed by atoms with Crippen LogP contribution in [0.2, 0.25) is 0 Å². The summed E-state index contributed by atoms with van der Waals surface area (Å²) in [5, 5.41) is 8.80. The molecule has 5 nitrogen and oxygen atoms in total. The number of rotatable bonds is 10. The summed E-state index contributed by atoms with van der Waals surface area (Å²) in [6, 6.07) is 23.5. The van der Waals surface area contributed by atoms with E-state index < -0.39 is 22.0 Å². The van der Waals surface area contributed by atoms with Gasteiger partial charge in [-0.2, -0.15) is 0 Å². The summed E-state index contributed by atoms with van der Waals surface area (Å²) in [5.74, 6) is -0.804. The zero-order valence-corrected chi connectivity index (χ0v) is 19.3. The van der Waals surface area contributed by atoms with Crippen molar-refractivity contribution in [2.24, 2.45) is 0 Å². The average molecular weight is 502 g/mol. The fraction of sp³-hybridized carbons (Fsp3) is 0.208. The third-order valence-corrected chi connectivity index (χ3v) is 6.96. The van der Waals surface area contributed by atoms with E-state index >= 15 is 0 Å². The monoisotopic (exact) mass is 501 g/mol. The summed E-state index contributed by atoms with van der Waals surface area (Å²) in [4.78, 5) is 10.9. The van der Waals surface area contributed by atoms with E-state index in [1.54, 1.807) is 24.3 Å². The van der Waals surface area contributed by atoms with Gasteiger partial charge >= 0.3 is 5.97 Å². The Bertz CT molecular complexity index is 1100. The number of aryl methyl sites for hydroxylation is 1. The number of hydrogen-bond donors (Lipinski definition) is 2. The van der Waals surface area contributed by atoms with E-state index in [9.17, 15) is 13.2 Å². The van der Waals surface area contributed by atoms with Gasteiger partial charge in [0.1, 0.15) is 0 Å². The number of carboxylic acids is 1. The Morgan fingerprint density at radius 1 is 0.903 bits per heavy atom. The van der Waals surface area contributed by atoms with Gasteiger partial charge in [0.05, 0.1) is 10.9 Å². The molecule has 3 rings (SSSR count). The third kappa shape index (κ3) is 7.02. The molecule has 7 heteroatoms. The topological polar surface area (TPSA) is 83.5 Å². The second-order valence-electron chi connectivity index (χ2n) is 7.31. The number of halogens is 1. The van der Waals surface area contributed by atoms with E-state index in [0.29, 0.717) is 19.3 Å². The maximum Gasteiger partial charge on any atom is 0.303 e. The van der Waals surface area contributed by atoms with Gasteiger partial charge < -0.3 is 5.11 Å². The first-order valence-corrected chi connectivity index (χ1v) is 12.2. The van der Waals surface area contributed by atoms with Gasteiger partial charge in [-0.15, -0.1) is 0 Å². The van der Waals surface area contributed by atoms with Crippen LogP contribution >= 0.6 is 15.9 Å². The third-order valence-electron chi connectivity index (χ3n) is 4.94. The number of hydrogen-bond acceptors (Lipinski definition) is 3. The fourth-order valence-corrected chi connectivity index (χ4v) is 4.80. The molecule has 0 heterocycles. The maximum atomic E-state index is 13.0. The molecule has 0 aliphatic heterocycles. The summed E-state index contributed by atoms with van der Waals surface area (Å²) >= 11 is 3.33. The minimum atomic E-state index is -3.71. The molecule has 0 spiro atoms. The molecule has 0 aliphatic rings. The first-order valence-electron chi connectivity index (χ1n) is 9.96. The molecule has 2 N–H and O–H groups in total. The van der Waals surface area contributed by atoms with Gasteiger partial charge in [0.15, 0.2) is 0 Å². The van der Waals surface area contributed by atoms with Crippen LogP contribution in [0.4, 0.5) is 0 Å². The summed E-state index contributed by atoms with van der Waals surface area (Å²) in [6.07, 6.45) is 1.87. The van der Waals surface area contributed by atoms with E-state index in [2.05, 4.69) is 20.7 Å². The van der Waals surface area contributed by atoms with Crippen molar-refractivity contribution in [2.45, 2.75) is 36.6 Å². The first-order chi connectivity index (χ1) is 14.8. The lowest BCUT2D eigenvalue weighted by molar-refractivity contribution is -0.137. The van der Waals surface area contributed by atoms with Crippen molar-refractivity contribution in [2.75, 3.05) is 0 Å². The van der Waals surface area contributed by atoms with Gasteiger partial charge in [-0.05, 0) is 60.2 Å². The molecule has 31 heavy (non-hydrogen) atoms. The fourth-order valence-electron chi connectivity index (χ4n) is 3.31. The van der Waals surface area contributed by atoms with E-state index in [-0.39, 0.29) is 11.3 Å². The van der Waals surface area contributed by atoms with E-state index in [4.69, 9.17) is 5.11 Å². The molecule has 0 radical (unpaired) electrons. The second kappa shape index (κ2) is 10.7. The first kappa shape index (κ1) is 23.2. The molecule has 0 bridgehead atoms. The van der Waals surface area contributed by atoms with Gasteiger partial charge in [-0.25, -0.2) is 13.1 Å². The molecule has 0 fully saturated rings. The van der Waals surface area contributed by atoms with Crippen molar-refractivity contribution >= 4 is 31.9 Å². The highest BCUT2D eigenvalue weighted by Crippen LogP contribution is 2.23. The molecule has 1 atom stereocenters. The average Bonchev–Trinajstić information content (AvgIpc) is 2.74. The molecule has 0 aromatic heterocycles. The molecule has 0 saturated carbocycles. The molecule has 3 aromatic rings. The summed E-state index contributed by atoms with van der Waals surface area (Å²) in [5.41, 5.74) is 2.90. The van der Waals surface area contributed by atoms with Crippen molar-refractivity contribution in [3.05, 3.63) is 100 Å². The van der Waals surface area contributed by atoms with Crippen LogP contribution in [0.5, 0.6) is 0 Å². The molecule has 162 valence electrons. The Kier molecular flexibility index (Phi) is 8.01. The van der Waals surface area contributed by atoms with Crippen molar-refractivity contribution < 1.29 is 18.3 Å². The highest BCUT2D eigenvalue weighted by molar-refractivity contribution is 9.10. The zero-order valence-electron chi connectivity index (χ0n) is 16.9. The Balaban J connectivity index is 1.82. The number of carbonyl (C=O) groups is 1. The predicted octanol–water partition coefficient (Wildman–Crippen LogP) is 5.12. The lowest BCUT2D eigenvalue weighted by Crippen LogP contribution is -2.30. The minimum Gasteiger partial charge on any atom is -0.481 e. The number of nitrogens with one attached hydrogen (secondary N) is 1. The molecule has 3 aromatic carbocycles. The molecule has 0 aliphatic carbocycles. The molecule has 1 unspecified atom stereocenters. The lowest BCUT2D eigenvalue weighted by atomic mass is 9.98. The summed E-state index contributed by atoms with van der Waals surface area (Å²) in [6.45, 7) is 0. The van der Waals surface area contributed by atoms with Crippen LogP contribution in [0.1, 0.15) is 35.6 Å². The van der Waals surface area contributed by atoms with Crippen LogP contribution in [-0.4, -0.2) is 19.5 Å². The standard InChI is InChI=1S/C24H24BrNO4S/c25-21-13-15-22(16-14-21)31(29,30)26-23(17-19-5-2-1-3-6-19)20-11-9-18(10-12-20)7-4-8-24(27)28/h1-3,5-6,9-16,23,26H,4,7-8,17H2,(H,27,28). The smallest absolute Gasteiger partial charge is 0.303 e. The predicted molar refractivity (Wildman–Crippen MR) is 124 cm³/mol. The number of aliphatic carboxylic acids is 1. The van der Waals surface area contributed by atoms with E-state index in [0.717, 1.165) is 21.2 Å². The van der Waals surface area contributed by atoms with Crippen LogP contribution in [0, 0.1) is 0 Å². The Labute approximate surface area is 191 Å². The number of sulfonamides is 1. The number of carboxylic acid groups (broad SMARTS) is 1. The SMILES string of the molecule is O=C(O)CCCc1ccc(C(Cc2ccccc2)NS(=O)(=O)c2ccc(Br)cc2)cc1. The van der Waals surface area contributed by atoms with Crippen molar-refractivity contribution in [3.8, 4) is 0 Å². The van der Waals surface area contributed by atoms with Gasteiger partial charge in [0.25, 0.3) is 0 Å². The maximum absolute atomic E-state index is 13.0. The second-order valence-corrected chi connectivity index (χ2v) is 9.94. The summed E-state index contributed by atoms with van der Waals surface area (Å²) in [7, 11) is -3.71. The Morgan fingerprint density at radius 3 is 2.16 bits per heavy atom. The van der Waals surface area contributed by atoms with Gasteiger partial charge in [0, 0.05) is 10.9 Å². The van der Waals surface area contributed by atoms with E-state index in [1.165, 1.54) is 0 Å². The normalized spacial score (nSPS) is 12.4. The van der Waals surface area contributed by atoms with Crippen LogP contribution in [0.15, 0.2) is 88.2 Å². The number of benzene rings is 3.